The summed E-state index contributed by atoms with van der Waals surface area (Å²) in [5, 5.41) is 0.765. The van der Waals surface area contributed by atoms with Gasteiger partial charge in [-0.05, 0) is 47.1 Å². The zero-order valence-electron chi connectivity index (χ0n) is 9.25. The van der Waals surface area contributed by atoms with Crippen LogP contribution in [0.4, 0.5) is 0 Å². The van der Waals surface area contributed by atoms with Crippen LogP contribution in [0.3, 0.4) is 0 Å². The molecule has 1 aromatic rings. The number of nitrogens with zero attached hydrogens (tertiary/aromatic N) is 1. The van der Waals surface area contributed by atoms with Gasteiger partial charge in [0.15, 0.2) is 0 Å². The highest BCUT2D eigenvalue weighted by molar-refractivity contribution is 9.10. The molecule has 0 aromatic heterocycles. The zero-order chi connectivity index (χ0) is 11.5. The minimum atomic E-state index is 0.288. The molecule has 0 bridgehead atoms. The van der Waals surface area contributed by atoms with E-state index in [-0.39, 0.29) is 6.10 Å². The third-order valence-electron chi connectivity index (χ3n) is 2.79. The van der Waals surface area contributed by atoms with E-state index in [1.54, 1.807) is 0 Å². The molecule has 1 atom stereocenters. The monoisotopic (exact) mass is 303 g/mol. The van der Waals surface area contributed by atoms with Crippen molar-refractivity contribution < 1.29 is 4.74 Å². The van der Waals surface area contributed by atoms with E-state index in [4.69, 9.17) is 16.3 Å². The Morgan fingerprint density at radius 1 is 1.56 bits per heavy atom. The summed E-state index contributed by atoms with van der Waals surface area (Å²) in [5.41, 5.74) is 1.23. The van der Waals surface area contributed by atoms with Crippen LogP contribution in [0, 0.1) is 0 Å². The highest BCUT2D eigenvalue weighted by Crippen LogP contribution is 2.24. The predicted octanol–water partition coefficient (Wildman–Crippen LogP) is 2.98. The Bertz CT molecular complexity index is 372. The van der Waals surface area contributed by atoms with Gasteiger partial charge in [0, 0.05) is 17.6 Å². The predicted molar refractivity (Wildman–Crippen MR) is 70.1 cm³/mol. The summed E-state index contributed by atoms with van der Waals surface area (Å²) in [6.07, 6.45) is 1.22. The van der Waals surface area contributed by atoms with E-state index in [0.29, 0.717) is 0 Å². The van der Waals surface area contributed by atoms with Crippen molar-refractivity contribution in [2.75, 3.05) is 26.7 Å². The third kappa shape index (κ3) is 3.20. The molecule has 2 nitrogen and oxygen atoms in total. The van der Waals surface area contributed by atoms with Crippen LogP contribution >= 0.6 is 27.5 Å². The number of morpholine rings is 1. The standard InChI is InChI=1S/C12H15BrClNO/c1-15-4-5-16-10(8-15)6-9-2-3-11(13)12(14)7-9/h2-3,7,10H,4-6,8H2,1H3. The van der Waals surface area contributed by atoms with Crippen LogP contribution in [0.1, 0.15) is 5.56 Å². The molecule has 1 unspecified atom stereocenters. The first kappa shape index (κ1) is 12.4. The van der Waals surface area contributed by atoms with Gasteiger partial charge in [0.2, 0.25) is 0 Å². The van der Waals surface area contributed by atoms with E-state index in [1.165, 1.54) is 5.56 Å². The minimum absolute atomic E-state index is 0.288. The Hall–Kier alpha value is -0.0900. The Labute approximate surface area is 110 Å². The molecule has 88 valence electrons. The number of halogens is 2. The highest BCUT2D eigenvalue weighted by atomic mass is 79.9. The quantitative estimate of drug-likeness (QED) is 0.833. The maximum Gasteiger partial charge on any atom is 0.0742 e. The Morgan fingerprint density at radius 2 is 2.38 bits per heavy atom. The average molecular weight is 305 g/mol. The molecule has 1 aromatic carbocycles. The Morgan fingerprint density at radius 3 is 3.06 bits per heavy atom. The Balaban J connectivity index is 2.00. The molecule has 1 aliphatic rings. The Kier molecular flexibility index (Phi) is 4.25. The van der Waals surface area contributed by atoms with E-state index in [0.717, 1.165) is 35.6 Å². The fraction of sp³-hybridized carbons (Fsp3) is 0.500. The maximum absolute atomic E-state index is 6.06. The van der Waals surface area contributed by atoms with Crippen molar-refractivity contribution in [1.29, 1.82) is 0 Å². The first-order valence-electron chi connectivity index (χ1n) is 5.39. The molecule has 4 heteroatoms. The number of benzene rings is 1. The SMILES string of the molecule is CN1CCOC(Cc2ccc(Br)c(Cl)c2)C1. The van der Waals surface area contributed by atoms with Gasteiger partial charge in [-0.15, -0.1) is 0 Å². The summed E-state index contributed by atoms with van der Waals surface area (Å²) in [6, 6.07) is 6.09. The first-order valence-corrected chi connectivity index (χ1v) is 6.56. The molecule has 0 N–H and O–H groups in total. The summed E-state index contributed by atoms with van der Waals surface area (Å²) in [7, 11) is 2.13. The second-order valence-corrected chi connectivity index (χ2v) is 5.47. The topological polar surface area (TPSA) is 12.5 Å². The summed E-state index contributed by atoms with van der Waals surface area (Å²) >= 11 is 9.45. The van der Waals surface area contributed by atoms with Gasteiger partial charge in [0.05, 0.1) is 17.7 Å². The van der Waals surface area contributed by atoms with E-state index in [9.17, 15) is 0 Å². The van der Waals surface area contributed by atoms with Gasteiger partial charge in [-0.25, -0.2) is 0 Å². The van der Waals surface area contributed by atoms with E-state index in [2.05, 4.69) is 33.9 Å². The number of rotatable bonds is 2. The van der Waals surface area contributed by atoms with Gasteiger partial charge >= 0.3 is 0 Å². The molecule has 1 aliphatic heterocycles. The second kappa shape index (κ2) is 5.50. The molecule has 0 amide bonds. The highest BCUT2D eigenvalue weighted by Gasteiger charge is 2.18. The van der Waals surface area contributed by atoms with Crippen molar-refractivity contribution in [2.45, 2.75) is 12.5 Å². The summed E-state index contributed by atoms with van der Waals surface area (Å²) < 4.78 is 6.67. The number of ether oxygens (including phenoxy) is 1. The van der Waals surface area contributed by atoms with Gasteiger partial charge < -0.3 is 9.64 Å². The number of likely N-dealkylation sites (N-methyl/N-ethyl adjacent to an activating group) is 1. The van der Waals surface area contributed by atoms with Crippen LogP contribution in [0.25, 0.3) is 0 Å². The van der Waals surface area contributed by atoms with Gasteiger partial charge in [-0.2, -0.15) is 0 Å². The third-order valence-corrected chi connectivity index (χ3v) is 4.02. The summed E-state index contributed by atoms with van der Waals surface area (Å²) in [5.74, 6) is 0. The smallest absolute Gasteiger partial charge is 0.0742 e. The molecular formula is C12H15BrClNO. The summed E-state index contributed by atoms with van der Waals surface area (Å²) in [6.45, 7) is 2.84. The fourth-order valence-corrected chi connectivity index (χ4v) is 2.37. The van der Waals surface area contributed by atoms with Crippen molar-refractivity contribution in [3.05, 3.63) is 33.3 Å². The van der Waals surface area contributed by atoms with Crippen LogP contribution in [0.15, 0.2) is 22.7 Å². The molecule has 1 saturated heterocycles. The molecule has 2 rings (SSSR count). The van der Waals surface area contributed by atoms with Crippen molar-refractivity contribution in [3.8, 4) is 0 Å². The molecule has 0 spiro atoms. The van der Waals surface area contributed by atoms with Crippen LogP contribution in [0.2, 0.25) is 5.02 Å². The lowest BCUT2D eigenvalue weighted by Crippen LogP contribution is -2.40. The lowest BCUT2D eigenvalue weighted by Gasteiger charge is -2.30. The largest absolute Gasteiger partial charge is 0.375 e. The van der Waals surface area contributed by atoms with Crippen LogP contribution in [0.5, 0.6) is 0 Å². The van der Waals surface area contributed by atoms with Gasteiger partial charge in [0.1, 0.15) is 0 Å². The van der Waals surface area contributed by atoms with Crippen LogP contribution < -0.4 is 0 Å². The van der Waals surface area contributed by atoms with E-state index >= 15 is 0 Å². The van der Waals surface area contributed by atoms with Crippen molar-refractivity contribution in [2.24, 2.45) is 0 Å². The first-order chi connectivity index (χ1) is 7.65. The second-order valence-electron chi connectivity index (χ2n) is 4.21. The lowest BCUT2D eigenvalue weighted by atomic mass is 10.1. The van der Waals surface area contributed by atoms with Gasteiger partial charge in [0.25, 0.3) is 0 Å². The van der Waals surface area contributed by atoms with Crippen LogP contribution in [-0.2, 0) is 11.2 Å². The molecule has 16 heavy (non-hydrogen) atoms. The maximum atomic E-state index is 6.06. The molecule has 0 aliphatic carbocycles. The average Bonchev–Trinajstić information content (AvgIpc) is 2.24. The lowest BCUT2D eigenvalue weighted by molar-refractivity contribution is -0.0185. The minimum Gasteiger partial charge on any atom is -0.375 e. The van der Waals surface area contributed by atoms with Crippen molar-refractivity contribution in [1.82, 2.24) is 4.90 Å². The van der Waals surface area contributed by atoms with Crippen molar-refractivity contribution >= 4 is 27.5 Å². The van der Waals surface area contributed by atoms with Gasteiger partial charge in [-0.3, -0.25) is 0 Å². The van der Waals surface area contributed by atoms with E-state index in [1.807, 2.05) is 12.1 Å². The molecule has 0 radical (unpaired) electrons. The summed E-state index contributed by atoms with van der Waals surface area (Å²) in [4.78, 5) is 2.30. The number of hydrogen-bond acceptors (Lipinski definition) is 2. The molecular weight excluding hydrogens is 289 g/mol. The van der Waals surface area contributed by atoms with Gasteiger partial charge in [-0.1, -0.05) is 17.7 Å². The van der Waals surface area contributed by atoms with E-state index < -0.39 is 0 Å². The molecule has 1 heterocycles. The molecule has 1 fully saturated rings. The van der Waals surface area contributed by atoms with Crippen molar-refractivity contribution in [3.63, 3.8) is 0 Å². The van der Waals surface area contributed by atoms with Crippen LogP contribution in [-0.4, -0.2) is 37.7 Å². The normalized spacial score (nSPS) is 22.3. The zero-order valence-corrected chi connectivity index (χ0v) is 11.6. The number of hydrogen-bond donors (Lipinski definition) is 0. The molecule has 0 saturated carbocycles. The fourth-order valence-electron chi connectivity index (χ4n) is 1.92.